The monoisotopic (exact) mass is 349 g/mol. The first-order chi connectivity index (χ1) is 9.33. The Labute approximate surface area is 131 Å². The molecule has 0 heterocycles. The van der Waals surface area contributed by atoms with E-state index < -0.39 is 5.60 Å². The molecular weight excluding hydrogens is 322 g/mol. The molecule has 0 N–H and O–H groups in total. The first-order valence-corrected chi connectivity index (χ1v) is 8.59. The van der Waals surface area contributed by atoms with Gasteiger partial charge in [-0.05, 0) is 52.9 Å². The van der Waals surface area contributed by atoms with Gasteiger partial charge in [-0.25, -0.2) is 4.79 Å². The Morgan fingerprint density at radius 2 is 1.85 bits per heavy atom. The average molecular weight is 350 g/mol. The zero-order valence-electron chi connectivity index (χ0n) is 13.2. The van der Waals surface area contributed by atoms with Crippen LogP contribution in [0.2, 0.25) is 0 Å². The summed E-state index contributed by atoms with van der Waals surface area (Å²) in [6.07, 6.45) is 5.24. The molecule has 1 aliphatic carbocycles. The third-order valence-corrected chi connectivity index (χ3v) is 4.07. The highest BCUT2D eigenvalue weighted by molar-refractivity contribution is 9.09. The molecule has 1 saturated carbocycles. The van der Waals surface area contributed by atoms with Crippen LogP contribution in [0, 0.1) is 0 Å². The summed E-state index contributed by atoms with van der Waals surface area (Å²) in [5.41, 5.74) is -0.429. The van der Waals surface area contributed by atoms with Crippen molar-refractivity contribution in [3.8, 4) is 0 Å². The lowest BCUT2D eigenvalue weighted by Crippen LogP contribution is -2.43. The van der Waals surface area contributed by atoms with Gasteiger partial charge in [-0.1, -0.05) is 15.9 Å². The van der Waals surface area contributed by atoms with Gasteiger partial charge >= 0.3 is 6.09 Å². The number of halogens is 1. The van der Waals surface area contributed by atoms with Crippen molar-refractivity contribution in [3.63, 3.8) is 0 Å². The van der Waals surface area contributed by atoms with E-state index in [-0.39, 0.29) is 12.1 Å². The number of alkyl halides is 1. The van der Waals surface area contributed by atoms with Crippen molar-refractivity contribution < 1.29 is 14.3 Å². The smallest absolute Gasteiger partial charge is 0.410 e. The fraction of sp³-hybridized carbons (Fsp3) is 0.933. The van der Waals surface area contributed by atoms with E-state index >= 15 is 0 Å². The molecule has 0 radical (unpaired) electrons. The summed E-state index contributed by atoms with van der Waals surface area (Å²) in [6.45, 7) is 6.51. The van der Waals surface area contributed by atoms with Crippen molar-refractivity contribution in [3.05, 3.63) is 0 Å². The first-order valence-electron chi connectivity index (χ1n) is 7.47. The zero-order chi connectivity index (χ0) is 15.2. The molecule has 1 amide bonds. The molecule has 1 aliphatic rings. The summed E-state index contributed by atoms with van der Waals surface area (Å²) < 4.78 is 11.2. The Kier molecular flexibility index (Phi) is 7.30. The summed E-state index contributed by atoms with van der Waals surface area (Å²) in [6, 6.07) is 0.279. The van der Waals surface area contributed by atoms with Gasteiger partial charge in [-0.2, -0.15) is 0 Å². The molecule has 0 bridgehead atoms. The van der Waals surface area contributed by atoms with E-state index in [1.165, 1.54) is 0 Å². The van der Waals surface area contributed by atoms with E-state index in [1.54, 1.807) is 4.90 Å². The zero-order valence-corrected chi connectivity index (χ0v) is 14.7. The van der Waals surface area contributed by atoms with Crippen LogP contribution >= 0.6 is 15.9 Å². The van der Waals surface area contributed by atoms with Crippen LogP contribution in [0.15, 0.2) is 0 Å². The van der Waals surface area contributed by atoms with Crippen molar-refractivity contribution in [2.24, 2.45) is 0 Å². The van der Waals surface area contributed by atoms with Crippen LogP contribution in [0.25, 0.3) is 0 Å². The molecule has 0 saturated heterocycles. The van der Waals surface area contributed by atoms with E-state index in [1.807, 2.05) is 27.8 Å². The number of hydrogen-bond donors (Lipinski definition) is 0. The summed E-state index contributed by atoms with van der Waals surface area (Å²) in [5, 5.41) is 0.990. The third-order valence-electron chi connectivity index (χ3n) is 3.50. The van der Waals surface area contributed by atoms with Gasteiger partial charge in [0.05, 0.1) is 6.10 Å². The highest BCUT2D eigenvalue weighted by atomic mass is 79.9. The van der Waals surface area contributed by atoms with Crippen LogP contribution in [0.1, 0.15) is 52.9 Å². The SMILES string of the molecule is CN(C(=O)OC(C)(C)C)[C@H]1CC[C@H](OCCCBr)CC1. The molecule has 0 aromatic heterocycles. The maximum Gasteiger partial charge on any atom is 0.410 e. The van der Waals surface area contributed by atoms with Crippen LogP contribution in [0.4, 0.5) is 4.79 Å². The molecule has 0 spiro atoms. The van der Waals surface area contributed by atoms with Gasteiger partial charge in [-0.15, -0.1) is 0 Å². The topological polar surface area (TPSA) is 38.8 Å². The summed E-state index contributed by atoms with van der Waals surface area (Å²) in [7, 11) is 1.84. The van der Waals surface area contributed by atoms with Gasteiger partial charge in [-0.3, -0.25) is 0 Å². The van der Waals surface area contributed by atoms with Gasteiger partial charge in [0.2, 0.25) is 0 Å². The third kappa shape index (κ3) is 6.44. The van der Waals surface area contributed by atoms with Crippen LogP contribution in [-0.2, 0) is 9.47 Å². The molecule has 0 aromatic rings. The lowest BCUT2D eigenvalue weighted by atomic mass is 9.92. The second kappa shape index (κ2) is 8.23. The van der Waals surface area contributed by atoms with Gasteiger partial charge in [0.25, 0.3) is 0 Å². The molecule has 0 aliphatic heterocycles. The quantitative estimate of drug-likeness (QED) is 0.556. The second-order valence-corrected chi connectivity index (χ2v) is 7.23. The number of nitrogens with zero attached hydrogens (tertiary/aromatic N) is 1. The Hall–Kier alpha value is -0.290. The molecular formula is C15H28BrNO3. The molecule has 1 fully saturated rings. The van der Waals surface area contributed by atoms with E-state index in [2.05, 4.69) is 15.9 Å². The molecule has 0 unspecified atom stereocenters. The molecule has 0 atom stereocenters. The number of ether oxygens (including phenoxy) is 2. The van der Waals surface area contributed by atoms with E-state index in [4.69, 9.17) is 9.47 Å². The van der Waals surface area contributed by atoms with Crippen LogP contribution in [0.3, 0.4) is 0 Å². The Balaban J connectivity index is 2.31. The lowest BCUT2D eigenvalue weighted by molar-refractivity contribution is -0.00458. The van der Waals surface area contributed by atoms with Gasteiger partial charge in [0.1, 0.15) is 5.60 Å². The molecule has 0 aromatic carbocycles. The first kappa shape index (κ1) is 17.8. The van der Waals surface area contributed by atoms with E-state index in [9.17, 15) is 4.79 Å². The highest BCUT2D eigenvalue weighted by Gasteiger charge is 2.29. The standard InChI is InChI=1S/C15H28BrNO3/c1-15(2,3)20-14(18)17(4)12-6-8-13(9-7-12)19-11-5-10-16/h12-13H,5-11H2,1-4H3/t12-,13-. The predicted octanol–water partition coefficient (Wildman–Crippen LogP) is 3.97. The van der Waals surface area contributed by atoms with Crippen LogP contribution < -0.4 is 0 Å². The molecule has 5 heteroatoms. The predicted molar refractivity (Wildman–Crippen MR) is 84.4 cm³/mol. The molecule has 4 nitrogen and oxygen atoms in total. The van der Waals surface area contributed by atoms with E-state index in [0.29, 0.717) is 6.10 Å². The van der Waals surface area contributed by atoms with Crippen molar-refractivity contribution in [1.29, 1.82) is 0 Å². The van der Waals surface area contributed by atoms with Crippen molar-refractivity contribution in [1.82, 2.24) is 4.90 Å². The fourth-order valence-electron chi connectivity index (χ4n) is 2.39. The normalized spacial score (nSPS) is 23.4. The summed E-state index contributed by atoms with van der Waals surface area (Å²) >= 11 is 3.40. The largest absolute Gasteiger partial charge is 0.444 e. The fourth-order valence-corrected chi connectivity index (χ4v) is 2.62. The van der Waals surface area contributed by atoms with E-state index in [0.717, 1.165) is 44.0 Å². The summed E-state index contributed by atoms with van der Waals surface area (Å²) in [4.78, 5) is 13.8. The number of rotatable bonds is 5. The maximum absolute atomic E-state index is 12.0. The molecule has 1 rings (SSSR count). The van der Waals surface area contributed by atoms with Gasteiger partial charge in [0.15, 0.2) is 0 Å². The minimum Gasteiger partial charge on any atom is -0.444 e. The van der Waals surface area contributed by atoms with Crippen LogP contribution in [-0.4, -0.2) is 47.7 Å². The molecule has 20 heavy (non-hydrogen) atoms. The minimum absolute atomic E-state index is 0.221. The minimum atomic E-state index is -0.429. The van der Waals surface area contributed by atoms with Gasteiger partial charge < -0.3 is 14.4 Å². The Morgan fingerprint density at radius 1 is 1.25 bits per heavy atom. The number of hydrogen-bond acceptors (Lipinski definition) is 3. The molecule has 118 valence electrons. The Morgan fingerprint density at radius 3 is 2.35 bits per heavy atom. The van der Waals surface area contributed by atoms with Crippen molar-refractivity contribution in [2.45, 2.75) is 70.6 Å². The second-order valence-electron chi connectivity index (χ2n) is 6.44. The Bertz CT molecular complexity index is 296. The highest BCUT2D eigenvalue weighted by Crippen LogP contribution is 2.25. The maximum atomic E-state index is 12.0. The number of carbonyl (C=O) groups is 1. The number of carbonyl (C=O) groups excluding carboxylic acids is 1. The van der Waals surface area contributed by atoms with Crippen molar-refractivity contribution in [2.75, 3.05) is 19.0 Å². The summed E-state index contributed by atoms with van der Waals surface area (Å²) in [5.74, 6) is 0. The lowest BCUT2D eigenvalue weighted by Gasteiger charge is -2.35. The average Bonchev–Trinajstić information content (AvgIpc) is 2.37. The van der Waals surface area contributed by atoms with Crippen molar-refractivity contribution >= 4 is 22.0 Å². The number of amides is 1. The van der Waals surface area contributed by atoms with Gasteiger partial charge in [0, 0.05) is 25.0 Å². The van der Waals surface area contributed by atoms with Crippen LogP contribution in [0.5, 0.6) is 0 Å².